The van der Waals surface area contributed by atoms with Crippen molar-refractivity contribution in [2.75, 3.05) is 5.32 Å². The van der Waals surface area contributed by atoms with Gasteiger partial charge in [-0.15, -0.1) is 0 Å². The van der Waals surface area contributed by atoms with Gasteiger partial charge in [0.05, 0.1) is 23.3 Å². The van der Waals surface area contributed by atoms with E-state index in [4.69, 9.17) is 21.0 Å². The first kappa shape index (κ1) is 18.7. The second kappa shape index (κ2) is 8.50. The lowest BCUT2D eigenvalue weighted by Gasteiger charge is -2.15. The highest BCUT2D eigenvalue weighted by molar-refractivity contribution is 6.04. The van der Waals surface area contributed by atoms with Gasteiger partial charge >= 0.3 is 0 Å². The summed E-state index contributed by atoms with van der Waals surface area (Å²) in [5, 5.41) is 20.4. The third kappa shape index (κ3) is 4.53. The van der Waals surface area contributed by atoms with Gasteiger partial charge in [0, 0.05) is 16.8 Å². The van der Waals surface area contributed by atoms with E-state index >= 15 is 0 Å². The molecule has 0 aliphatic rings. The number of hydrogen-bond donors (Lipinski definition) is 2. The molecule has 0 saturated heterocycles. The fourth-order valence-electron chi connectivity index (χ4n) is 2.50. The van der Waals surface area contributed by atoms with Gasteiger partial charge in [-0.05, 0) is 54.6 Å². The SMILES string of the molecule is N#Cc1ccc(NC(=O)c2cccc(O[C@H](N)c3ccc(C#N)cc3)c2)cc1. The van der Waals surface area contributed by atoms with Crippen molar-refractivity contribution in [1.82, 2.24) is 0 Å². The van der Waals surface area contributed by atoms with Crippen LogP contribution in [-0.4, -0.2) is 5.91 Å². The van der Waals surface area contributed by atoms with Gasteiger partial charge in [-0.2, -0.15) is 10.5 Å². The summed E-state index contributed by atoms with van der Waals surface area (Å²) in [6.45, 7) is 0. The van der Waals surface area contributed by atoms with Crippen LogP contribution in [0.4, 0.5) is 5.69 Å². The lowest BCUT2D eigenvalue weighted by atomic mass is 10.1. The largest absolute Gasteiger partial charge is 0.471 e. The van der Waals surface area contributed by atoms with Gasteiger partial charge in [0.25, 0.3) is 5.91 Å². The maximum atomic E-state index is 12.5. The van der Waals surface area contributed by atoms with E-state index in [1.165, 1.54) is 0 Å². The van der Waals surface area contributed by atoms with Crippen molar-refractivity contribution < 1.29 is 9.53 Å². The fourth-order valence-corrected chi connectivity index (χ4v) is 2.50. The number of nitrogens with two attached hydrogens (primary N) is 1. The molecule has 0 radical (unpaired) electrons. The monoisotopic (exact) mass is 368 g/mol. The van der Waals surface area contributed by atoms with E-state index in [2.05, 4.69) is 5.32 Å². The smallest absolute Gasteiger partial charge is 0.255 e. The standard InChI is InChI=1S/C22H16N4O2/c23-13-15-4-8-17(9-5-15)21(25)28-20-3-1-2-18(12-20)22(27)26-19-10-6-16(14-24)7-11-19/h1-12,21H,25H2,(H,26,27)/t21-/m0/s1. The summed E-state index contributed by atoms with van der Waals surface area (Å²) in [7, 11) is 0. The highest BCUT2D eigenvalue weighted by Crippen LogP contribution is 2.21. The summed E-state index contributed by atoms with van der Waals surface area (Å²) in [5.74, 6) is 0.145. The van der Waals surface area contributed by atoms with Crippen molar-refractivity contribution in [1.29, 1.82) is 10.5 Å². The Bertz CT molecular complexity index is 1060. The van der Waals surface area contributed by atoms with Crippen LogP contribution in [0.5, 0.6) is 5.75 Å². The summed E-state index contributed by atoms with van der Waals surface area (Å²) in [6, 6.07) is 24.1. The second-order valence-corrected chi connectivity index (χ2v) is 5.94. The minimum absolute atomic E-state index is 0.304. The van der Waals surface area contributed by atoms with E-state index in [9.17, 15) is 4.79 Å². The van der Waals surface area contributed by atoms with Crippen LogP contribution in [0, 0.1) is 22.7 Å². The molecule has 0 heterocycles. The fraction of sp³-hybridized carbons (Fsp3) is 0.0455. The van der Waals surface area contributed by atoms with Crippen LogP contribution >= 0.6 is 0 Å². The van der Waals surface area contributed by atoms with Crippen molar-refractivity contribution in [2.24, 2.45) is 5.73 Å². The summed E-state index contributed by atoms with van der Waals surface area (Å²) in [5.41, 5.74) is 8.83. The lowest BCUT2D eigenvalue weighted by Crippen LogP contribution is -2.18. The third-order valence-corrected chi connectivity index (χ3v) is 4.00. The zero-order valence-electron chi connectivity index (χ0n) is 14.8. The van der Waals surface area contributed by atoms with Gasteiger partial charge in [-0.3, -0.25) is 10.5 Å². The molecule has 0 saturated carbocycles. The maximum Gasteiger partial charge on any atom is 0.255 e. The predicted molar refractivity (Wildman–Crippen MR) is 104 cm³/mol. The molecule has 0 spiro atoms. The van der Waals surface area contributed by atoms with E-state index in [0.29, 0.717) is 33.7 Å². The van der Waals surface area contributed by atoms with Crippen molar-refractivity contribution in [3.63, 3.8) is 0 Å². The van der Waals surface area contributed by atoms with Crippen LogP contribution in [-0.2, 0) is 0 Å². The summed E-state index contributed by atoms with van der Waals surface area (Å²) in [4.78, 5) is 12.5. The summed E-state index contributed by atoms with van der Waals surface area (Å²) >= 11 is 0. The van der Waals surface area contributed by atoms with E-state index < -0.39 is 6.23 Å². The molecule has 1 amide bonds. The van der Waals surface area contributed by atoms with Gasteiger partial charge in [-0.25, -0.2) is 0 Å². The molecule has 136 valence electrons. The first-order valence-electron chi connectivity index (χ1n) is 8.43. The quantitative estimate of drug-likeness (QED) is 0.667. The van der Waals surface area contributed by atoms with E-state index in [1.54, 1.807) is 72.8 Å². The number of nitriles is 2. The molecular formula is C22H16N4O2. The number of carbonyl (C=O) groups is 1. The molecule has 0 aliphatic carbocycles. The number of anilines is 1. The first-order chi connectivity index (χ1) is 13.6. The number of nitrogens with one attached hydrogen (secondary N) is 1. The molecule has 28 heavy (non-hydrogen) atoms. The topological polar surface area (TPSA) is 112 Å². The molecule has 3 aromatic rings. The molecule has 3 aromatic carbocycles. The lowest BCUT2D eigenvalue weighted by molar-refractivity contribution is 0.102. The third-order valence-electron chi connectivity index (χ3n) is 4.00. The second-order valence-electron chi connectivity index (χ2n) is 5.94. The number of ether oxygens (including phenoxy) is 1. The van der Waals surface area contributed by atoms with Crippen LogP contribution in [0.2, 0.25) is 0 Å². The van der Waals surface area contributed by atoms with Gasteiger partial charge < -0.3 is 10.1 Å². The molecule has 1 atom stereocenters. The van der Waals surface area contributed by atoms with Crippen LogP contribution in [0.1, 0.15) is 33.3 Å². The van der Waals surface area contributed by atoms with Crippen LogP contribution < -0.4 is 15.8 Å². The molecule has 6 heteroatoms. The Labute approximate surface area is 162 Å². The molecular weight excluding hydrogens is 352 g/mol. The van der Waals surface area contributed by atoms with Crippen molar-refractivity contribution in [3.05, 3.63) is 95.1 Å². The van der Waals surface area contributed by atoms with E-state index in [-0.39, 0.29) is 5.91 Å². The number of rotatable bonds is 5. The number of nitrogens with zero attached hydrogens (tertiary/aromatic N) is 2. The molecule has 0 bridgehead atoms. The van der Waals surface area contributed by atoms with Gasteiger partial charge in [0.1, 0.15) is 5.75 Å². The summed E-state index contributed by atoms with van der Waals surface area (Å²) < 4.78 is 5.72. The van der Waals surface area contributed by atoms with E-state index in [1.807, 2.05) is 12.1 Å². The molecule has 0 fully saturated rings. The number of hydrogen-bond acceptors (Lipinski definition) is 5. The zero-order chi connectivity index (χ0) is 19.9. The first-order valence-corrected chi connectivity index (χ1v) is 8.43. The number of amides is 1. The Kier molecular flexibility index (Phi) is 5.66. The van der Waals surface area contributed by atoms with Gasteiger partial charge in [0.2, 0.25) is 0 Å². The van der Waals surface area contributed by atoms with Crippen molar-refractivity contribution in [2.45, 2.75) is 6.23 Å². The molecule has 0 unspecified atom stereocenters. The highest BCUT2D eigenvalue weighted by Gasteiger charge is 2.11. The molecule has 6 nitrogen and oxygen atoms in total. The zero-order valence-corrected chi connectivity index (χ0v) is 14.8. The maximum absolute atomic E-state index is 12.5. The minimum atomic E-state index is -0.732. The molecule has 0 aromatic heterocycles. The number of carbonyl (C=O) groups excluding carboxylic acids is 1. The van der Waals surface area contributed by atoms with Gasteiger partial charge in [-0.1, -0.05) is 18.2 Å². The molecule has 3 rings (SSSR count). The highest BCUT2D eigenvalue weighted by atomic mass is 16.5. The Morgan fingerprint density at radius 2 is 1.54 bits per heavy atom. The predicted octanol–water partition coefficient (Wildman–Crippen LogP) is 3.72. The van der Waals surface area contributed by atoms with Crippen LogP contribution in [0.15, 0.2) is 72.8 Å². The van der Waals surface area contributed by atoms with E-state index in [0.717, 1.165) is 0 Å². The Morgan fingerprint density at radius 3 is 2.14 bits per heavy atom. The van der Waals surface area contributed by atoms with Crippen LogP contribution in [0.25, 0.3) is 0 Å². The minimum Gasteiger partial charge on any atom is -0.471 e. The Hall–Kier alpha value is -4.13. The number of benzene rings is 3. The van der Waals surface area contributed by atoms with Crippen molar-refractivity contribution in [3.8, 4) is 17.9 Å². The van der Waals surface area contributed by atoms with Crippen molar-refractivity contribution >= 4 is 11.6 Å². The Morgan fingerprint density at radius 1 is 0.929 bits per heavy atom. The average Bonchev–Trinajstić information content (AvgIpc) is 2.74. The summed E-state index contributed by atoms with van der Waals surface area (Å²) in [6.07, 6.45) is -0.732. The molecule has 0 aliphatic heterocycles. The average molecular weight is 368 g/mol. The van der Waals surface area contributed by atoms with Gasteiger partial charge in [0.15, 0.2) is 6.23 Å². The van der Waals surface area contributed by atoms with Crippen LogP contribution in [0.3, 0.4) is 0 Å². The normalized spacial score (nSPS) is 11.0. The molecule has 3 N–H and O–H groups in total. The Balaban J connectivity index is 1.69.